The highest BCUT2D eigenvalue weighted by molar-refractivity contribution is 5.73. The molecule has 37 heavy (non-hydrogen) atoms. The third-order valence-electron chi connectivity index (χ3n) is 4.72. The van der Waals surface area contributed by atoms with Crippen molar-refractivity contribution >= 4 is 11.9 Å². The van der Waals surface area contributed by atoms with Gasteiger partial charge in [-0.1, -0.05) is 12.1 Å². The van der Waals surface area contributed by atoms with Crippen LogP contribution < -0.4 is 0 Å². The number of hydrogen-bond donors (Lipinski definition) is 2. The lowest BCUT2D eigenvalue weighted by molar-refractivity contribution is -0.193. The third-order valence-corrected chi connectivity index (χ3v) is 4.72. The first-order valence-electron chi connectivity index (χ1n) is 10.2. The molecule has 0 aliphatic carbocycles. The number of aromatic nitrogens is 3. The fraction of sp³-hybridized carbons (Fsp3) is 0.273. The predicted molar refractivity (Wildman–Crippen MR) is 113 cm³/mol. The number of halogens is 7. The maximum absolute atomic E-state index is 13.0. The van der Waals surface area contributed by atoms with Crippen molar-refractivity contribution < 1.29 is 50.5 Å². The Balaban J connectivity index is 0.000000286. The second kappa shape index (κ2) is 12.3. The molecule has 0 radical (unpaired) electrons. The lowest BCUT2D eigenvalue weighted by atomic mass is 10.2. The number of fused-ring (bicyclic) bond motifs is 1. The standard InChI is InChI=1S/C18H17FN4.2C2HF3O2/c19-16-3-1-14(2-4-16)12-22-9-10-23-17(11-21-18(23)13-22)15-5-7-20-8-6-15;2*3-2(4,5)1(6)7/h1-8,11H,9-10,12-13H2;2*(H,6,7). The lowest BCUT2D eigenvalue weighted by Gasteiger charge is -2.28. The van der Waals surface area contributed by atoms with Crippen LogP contribution in [0.3, 0.4) is 0 Å². The first-order chi connectivity index (χ1) is 17.2. The smallest absolute Gasteiger partial charge is 0.475 e. The van der Waals surface area contributed by atoms with Gasteiger partial charge in [0.25, 0.3) is 0 Å². The Kier molecular flexibility index (Phi) is 9.71. The number of benzene rings is 1. The van der Waals surface area contributed by atoms with E-state index in [2.05, 4.69) is 19.4 Å². The Bertz CT molecular complexity index is 1160. The molecule has 0 amide bonds. The summed E-state index contributed by atoms with van der Waals surface area (Å²) in [4.78, 5) is 28.8. The van der Waals surface area contributed by atoms with Gasteiger partial charge in [-0.2, -0.15) is 26.3 Å². The van der Waals surface area contributed by atoms with Crippen molar-refractivity contribution in [1.82, 2.24) is 19.4 Å². The number of hydrogen-bond acceptors (Lipinski definition) is 5. The molecule has 2 N–H and O–H groups in total. The molecular weight excluding hydrogens is 517 g/mol. The number of imidazole rings is 1. The summed E-state index contributed by atoms with van der Waals surface area (Å²) in [6, 6.07) is 10.7. The van der Waals surface area contributed by atoms with E-state index in [0.29, 0.717) is 0 Å². The number of aliphatic carboxylic acids is 2. The molecule has 2 aromatic heterocycles. The summed E-state index contributed by atoms with van der Waals surface area (Å²) in [5, 5.41) is 14.2. The van der Waals surface area contributed by atoms with E-state index in [4.69, 9.17) is 19.8 Å². The number of carbonyl (C=O) groups is 2. The monoisotopic (exact) mass is 536 g/mol. The molecule has 0 fully saturated rings. The van der Waals surface area contributed by atoms with Crippen LogP contribution in [-0.4, -0.2) is 60.5 Å². The van der Waals surface area contributed by atoms with Crippen LogP contribution in [0.4, 0.5) is 30.7 Å². The van der Waals surface area contributed by atoms with E-state index in [0.717, 1.165) is 48.8 Å². The highest BCUT2D eigenvalue weighted by atomic mass is 19.4. The minimum absolute atomic E-state index is 0.190. The average Bonchev–Trinajstić information content (AvgIpc) is 3.24. The highest BCUT2D eigenvalue weighted by Crippen LogP contribution is 2.24. The third kappa shape index (κ3) is 9.18. The van der Waals surface area contributed by atoms with Crippen molar-refractivity contribution in [1.29, 1.82) is 0 Å². The molecule has 8 nitrogen and oxygen atoms in total. The molecule has 200 valence electrons. The van der Waals surface area contributed by atoms with Crippen LogP contribution in [0.5, 0.6) is 0 Å². The van der Waals surface area contributed by atoms with E-state index >= 15 is 0 Å². The molecule has 0 saturated heterocycles. The van der Waals surface area contributed by atoms with Crippen molar-refractivity contribution in [3.63, 3.8) is 0 Å². The summed E-state index contributed by atoms with van der Waals surface area (Å²) in [5.74, 6) is -4.63. The average molecular weight is 536 g/mol. The van der Waals surface area contributed by atoms with Crippen LogP contribution in [0.2, 0.25) is 0 Å². The molecule has 3 heterocycles. The molecule has 15 heteroatoms. The highest BCUT2D eigenvalue weighted by Gasteiger charge is 2.38. The molecule has 0 atom stereocenters. The summed E-state index contributed by atoms with van der Waals surface area (Å²) in [6.07, 6.45) is -4.62. The Morgan fingerprint density at radius 1 is 0.865 bits per heavy atom. The van der Waals surface area contributed by atoms with Crippen molar-refractivity contribution in [3.8, 4) is 11.3 Å². The number of carboxylic acid groups (broad SMARTS) is 2. The maximum Gasteiger partial charge on any atom is 0.490 e. The molecule has 0 spiro atoms. The molecule has 0 unspecified atom stereocenters. The summed E-state index contributed by atoms with van der Waals surface area (Å²) in [6.45, 7) is 3.49. The van der Waals surface area contributed by atoms with Crippen molar-refractivity contribution in [2.24, 2.45) is 0 Å². The number of carboxylic acids is 2. The van der Waals surface area contributed by atoms with Crippen LogP contribution in [0.15, 0.2) is 55.0 Å². The predicted octanol–water partition coefficient (Wildman–Crippen LogP) is 4.37. The van der Waals surface area contributed by atoms with Gasteiger partial charge in [-0.25, -0.2) is 19.0 Å². The Hall–Kier alpha value is -4.01. The molecular formula is C22H19F7N4O4. The van der Waals surface area contributed by atoms with E-state index < -0.39 is 24.3 Å². The molecule has 1 aromatic carbocycles. The molecule has 4 rings (SSSR count). The van der Waals surface area contributed by atoms with E-state index in [-0.39, 0.29) is 5.82 Å². The normalized spacial score (nSPS) is 13.4. The Morgan fingerprint density at radius 2 is 1.38 bits per heavy atom. The Labute approximate surface area is 204 Å². The van der Waals surface area contributed by atoms with E-state index in [1.54, 1.807) is 12.4 Å². The maximum atomic E-state index is 13.0. The van der Waals surface area contributed by atoms with Gasteiger partial charge in [0.15, 0.2) is 0 Å². The summed E-state index contributed by atoms with van der Waals surface area (Å²) >= 11 is 0. The van der Waals surface area contributed by atoms with Crippen LogP contribution >= 0.6 is 0 Å². The zero-order valence-corrected chi connectivity index (χ0v) is 18.7. The topological polar surface area (TPSA) is 109 Å². The van der Waals surface area contributed by atoms with E-state index in [1.165, 1.54) is 12.1 Å². The second-order valence-electron chi connectivity index (χ2n) is 7.39. The van der Waals surface area contributed by atoms with E-state index in [9.17, 15) is 30.7 Å². The van der Waals surface area contributed by atoms with Crippen molar-refractivity contribution in [2.45, 2.75) is 32.0 Å². The van der Waals surface area contributed by atoms with Gasteiger partial charge in [0.2, 0.25) is 0 Å². The molecule has 3 aromatic rings. The zero-order chi connectivity index (χ0) is 27.8. The minimum atomic E-state index is -5.08. The summed E-state index contributed by atoms with van der Waals surface area (Å²) < 4.78 is 78.7. The van der Waals surface area contributed by atoms with Crippen LogP contribution in [0.25, 0.3) is 11.3 Å². The first-order valence-corrected chi connectivity index (χ1v) is 10.2. The number of rotatable bonds is 3. The van der Waals surface area contributed by atoms with Gasteiger partial charge in [0.1, 0.15) is 11.6 Å². The van der Waals surface area contributed by atoms with Gasteiger partial charge >= 0.3 is 24.3 Å². The molecule has 1 aliphatic rings. The van der Waals surface area contributed by atoms with Gasteiger partial charge in [-0.05, 0) is 29.8 Å². The number of alkyl halides is 6. The molecule has 0 saturated carbocycles. The van der Waals surface area contributed by atoms with Gasteiger partial charge in [0, 0.05) is 37.6 Å². The van der Waals surface area contributed by atoms with Gasteiger partial charge in [-0.3, -0.25) is 9.88 Å². The number of nitrogens with zero attached hydrogens (tertiary/aromatic N) is 4. The Morgan fingerprint density at radius 3 is 1.86 bits per heavy atom. The summed E-state index contributed by atoms with van der Waals surface area (Å²) in [7, 11) is 0. The minimum Gasteiger partial charge on any atom is -0.475 e. The summed E-state index contributed by atoms with van der Waals surface area (Å²) in [5.41, 5.74) is 3.41. The molecule has 0 bridgehead atoms. The first kappa shape index (κ1) is 29.2. The largest absolute Gasteiger partial charge is 0.490 e. The van der Waals surface area contributed by atoms with Crippen LogP contribution in [0.1, 0.15) is 11.4 Å². The number of pyridine rings is 1. The molecule has 1 aliphatic heterocycles. The van der Waals surface area contributed by atoms with Crippen LogP contribution in [-0.2, 0) is 29.2 Å². The van der Waals surface area contributed by atoms with Gasteiger partial charge < -0.3 is 14.8 Å². The quantitative estimate of drug-likeness (QED) is 0.479. The lowest BCUT2D eigenvalue weighted by Crippen LogP contribution is -2.33. The van der Waals surface area contributed by atoms with Crippen LogP contribution in [0, 0.1) is 5.82 Å². The fourth-order valence-corrected chi connectivity index (χ4v) is 3.05. The van der Waals surface area contributed by atoms with Crippen molar-refractivity contribution in [2.75, 3.05) is 6.54 Å². The fourth-order valence-electron chi connectivity index (χ4n) is 3.05. The zero-order valence-electron chi connectivity index (χ0n) is 18.7. The van der Waals surface area contributed by atoms with E-state index in [1.807, 2.05) is 30.5 Å². The van der Waals surface area contributed by atoms with Gasteiger partial charge in [0.05, 0.1) is 18.4 Å². The SMILES string of the molecule is Fc1ccc(CN2CCn3c(-c4ccncc4)cnc3C2)cc1.O=C(O)C(F)(F)F.O=C(O)C(F)(F)F. The second-order valence-corrected chi connectivity index (χ2v) is 7.39. The van der Waals surface area contributed by atoms with Gasteiger partial charge in [-0.15, -0.1) is 0 Å². The van der Waals surface area contributed by atoms with Crippen molar-refractivity contribution in [3.05, 3.63) is 72.2 Å².